The minimum atomic E-state index is -0.607. The number of alkyl halides is 1. The van der Waals surface area contributed by atoms with Crippen LogP contribution in [0.2, 0.25) is 0 Å². The number of rotatable bonds is 5. The van der Waals surface area contributed by atoms with Gasteiger partial charge in [0.25, 0.3) is 0 Å². The van der Waals surface area contributed by atoms with Crippen LogP contribution in [-0.2, 0) is 14.3 Å². The Kier molecular flexibility index (Phi) is 5.95. The summed E-state index contributed by atoms with van der Waals surface area (Å²) in [6.07, 6.45) is 0.553. The Bertz CT molecular complexity index is 173. The first-order chi connectivity index (χ1) is 6.02. The summed E-state index contributed by atoms with van der Waals surface area (Å²) in [5.74, 6) is -0.838. The van der Waals surface area contributed by atoms with Gasteiger partial charge in [0.15, 0.2) is 5.78 Å². The molecule has 0 saturated carbocycles. The molecule has 0 N–H and O–H groups in total. The number of ether oxygens (including phenoxy) is 1. The van der Waals surface area contributed by atoms with E-state index in [1.807, 2.05) is 13.8 Å². The van der Waals surface area contributed by atoms with Crippen LogP contribution in [0.15, 0.2) is 0 Å². The molecule has 0 aromatic heterocycles. The van der Waals surface area contributed by atoms with Gasteiger partial charge in [-0.05, 0) is 12.3 Å². The Balaban J connectivity index is 4.36. The molecule has 0 aliphatic carbocycles. The molecule has 1 atom stereocenters. The minimum Gasteiger partial charge on any atom is -0.468 e. The highest BCUT2D eigenvalue weighted by atomic mass is 79.9. The van der Waals surface area contributed by atoms with E-state index in [9.17, 15) is 9.59 Å². The van der Waals surface area contributed by atoms with Gasteiger partial charge in [0.1, 0.15) is 5.92 Å². The van der Waals surface area contributed by atoms with Crippen LogP contribution in [0.4, 0.5) is 0 Å². The lowest BCUT2D eigenvalue weighted by atomic mass is 9.94. The first kappa shape index (κ1) is 12.6. The molecule has 76 valence electrons. The first-order valence-electron chi connectivity index (χ1n) is 4.19. The maximum Gasteiger partial charge on any atom is 0.316 e. The number of ketones is 1. The quantitative estimate of drug-likeness (QED) is 0.425. The second kappa shape index (κ2) is 6.13. The molecular formula is C9H15BrO3. The van der Waals surface area contributed by atoms with Gasteiger partial charge in [-0.25, -0.2) is 0 Å². The Morgan fingerprint density at radius 1 is 1.38 bits per heavy atom. The van der Waals surface area contributed by atoms with Crippen LogP contribution < -0.4 is 0 Å². The van der Waals surface area contributed by atoms with Gasteiger partial charge in [0, 0.05) is 0 Å². The molecule has 4 heteroatoms. The summed E-state index contributed by atoms with van der Waals surface area (Å²) in [5, 5.41) is 0.208. The number of Topliss-reactive ketones (excluding diaryl/α,β-unsaturated/α-hetero) is 1. The van der Waals surface area contributed by atoms with E-state index in [1.54, 1.807) is 0 Å². The summed E-state index contributed by atoms with van der Waals surface area (Å²) in [7, 11) is 1.30. The maximum atomic E-state index is 11.3. The van der Waals surface area contributed by atoms with Crippen LogP contribution in [0.5, 0.6) is 0 Å². The fourth-order valence-corrected chi connectivity index (χ4v) is 1.46. The predicted octanol–water partition coefficient (Wildman–Crippen LogP) is 1.79. The van der Waals surface area contributed by atoms with Crippen molar-refractivity contribution in [3.05, 3.63) is 0 Å². The van der Waals surface area contributed by atoms with Gasteiger partial charge in [0.2, 0.25) is 0 Å². The molecule has 0 amide bonds. The summed E-state index contributed by atoms with van der Waals surface area (Å²) < 4.78 is 4.56. The second-order valence-electron chi connectivity index (χ2n) is 3.31. The van der Waals surface area contributed by atoms with E-state index in [2.05, 4.69) is 20.7 Å². The first-order valence-corrected chi connectivity index (χ1v) is 5.31. The lowest BCUT2D eigenvalue weighted by Gasteiger charge is -2.13. The number of methoxy groups -OCH3 is 1. The van der Waals surface area contributed by atoms with Crippen LogP contribution in [0.1, 0.15) is 20.3 Å². The molecule has 0 saturated heterocycles. The Morgan fingerprint density at radius 3 is 2.23 bits per heavy atom. The third-order valence-corrected chi connectivity index (χ3v) is 2.27. The van der Waals surface area contributed by atoms with Crippen molar-refractivity contribution >= 4 is 27.7 Å². The van der Waals surface area contributed by atoms with Gasteiger partial charge >= 0.3 is 5.97 Å². The van der Waals surface area contributed by atoms with E-state index in [-0.39, 0.29) is 11.1 Å². The van der Waals surface area contributed by atoms with Gasteiger partial charge in [-0.2, -0.15) is 0 Å². The van der Waals surface area contributed by atoms with Crippen LogP contribution in [-0.4, -0.2) is 24.2 Å². The number of hydrogen-bond acceptors (Lipinski definition) is 3. The predicted molar refractivity (Wildman–Crippen MR) is 53.8 cm³/mol. The zero-order valence-corrected chi connectivity index (χ0v) is 9.76. The Hall–Kier alpha value is -0.380. The fraction of sp³-hybridized carbons (Fsp3) is 0.778. The van der Waals surface area contributed by atoms with Gasteiger partial charge in [0.05, 0.1) is 12.4 Å². The van der Waals surface area contributed by atoms with Crippen LogP contribution in [0, 0.1) is 11.8 Å². The molecule has 0 heterocycles. The molecule has 0 rings (SSSR count). The third kappa shape index (κ3) is 4.41. The summed E-state index contributed by atoms with van der Waals surface area (Å²) in [6, 6.07) is 0. The molecule has 3 nitrogen and oxygen atoms in total. The average molecular weight is 251 g/mol. The minimum absolute atomic E-state index is 0.111. The number of halogens is 1. The number of esters is 1. The molecular weight excluding hydrogens is 236 g/mol. The van der Waals surface area contributed by atoms with Crippen molar-refractivity contribution in [1.82, 2.24) is 0 Å². The molecule has 13 heavy (non-hydrogen) atoms. The summed E-state index contributed by atoms with van der Waals surface area (Å²) in [5.41, 5.74) is 0. The van der Waals surface area contributed by atoms with Crippen molar-refractivity contribution < 1.29 is 14.3 Å². The molecule has 0 aliphatic rings. The maximum absolute atomic E-state index is 11.3. The topological polar surface area (TPSA) is 43.4 Å². The average Bonchev–Trinajstić information content (AvgIpc) is 2.11. The SMILES string of the molecule is COC(=O)C(CC(C)C)C(=O)CBr. The van der Waals surface area contributed by atoms with Crippen molar-refractivity contribution in [3.8, 4) is 0 Å². The number of carbonyl (C=O) groups excluding carboxylic acids is 2. The van der Waals surface area contributed by atoms with E-state index >= 15 is 0 Å². The van der Waals surface area contributed by atoms with Crippen LogP contribution >= 0.6 is 15.9 Å². The van der Waals surface area contributed by atoms with Gasteiger partial charge in [-0.1, -0.05) is 29.8 Å². The molecule has 0 spiro atoms. The lowest BCUT2D eigenvalue weighted by Crippen LogP contribution is -2.27. The summed E-state index contributed by atoms with van der Waals surface area (Å²) >= 11 is 3.05. The standard InChI is InChI=1S/C9H15BrO3/c1-6(2)4-7(8(11)5-10)9(12)13-3/h6-7H,4-5H2,1-3H3. The zero-order valence-electron chi connectivity index (χ0n) is 8.17. The van der Waals surface area contributed by atoms with Gasteiger partial charge in [-0.3, -0.25) is 9.59 Å². The molecule has 0 aromatic carbocycles. The van der Waals surface area contributed by atoms with Crippen LogP contribution in [0.3, 0.4) is 0 Å². The fourth-order valence-electron chi connectivity index (χ4n) is 1.07. The van der Waals surface area contributed by atoms with E-state index in [4.69, 9.17) is 0 Å². The lowest BCUT2D eigenvalue weighted by molar-refractivity contribution is -0.149. The largest absolute Gasteiger partial charge is 0.468 e. The molecule has 0 bridgehead atoms. The molecule has 1 unspecified atom stereocenters. The smallest absolute Gasteiger partial charge is 0.316 e. The molecule has 0 aliphatic heterocycles. The third-order valence-electron chi connectivity index (χ3n) is 1.71. The van der Waals surface area contributed by atoms with Crippen molar-refractivity contribution in [1.29, 1.82) is 0 Å². The number of carbonyl (C=O) groups is 2. The number of hydrogen-bond donors (Lipinski definition) is 0. The molecule has 0 radical (unpaired) electrons. The highest BCUT2D eigenvalue weighted by molar-refractivity contribution is 9.09. The van der Waals surface area contributed by atoms with Gasteiger partial charge in [-0.15, -0.1) is 0 Å². The van der Waals surface area contributed by atoms with E-state index < -0.39 is 11.9 Å². The van der Waals surface area contributed by atoms with Crippen molar-refractivity contribution in [2.75, 3.05) is 12.4 Å². The van der Waals surface area contributed by atoms with E-state index in [0.717, 1.165) is 0 Å². The normalized spacial score (nSPS) is 12.7. The van der Waals surface area contributed by atoms with Crippen molar-refractivity contribution in [3.63, 3.8) is 0 Å². The highest BCUT2D eigenvalue weighted by Gasteiger charge is 2.26. The molecule has 0 fully saturated rings. The van der Waals surface area contributed by atoms with E-state index in [1.165, 1.54) is 7.11 Å². The van der Waals surface area contributed by atoms with E-state index in [0.29, 0.717) is 12.3 Å². The summed E-state index contributed by atoms with van der Waals surface area (Å²) in [6.45, 7) is 3.94. The zero-order chi connectivity index (χ0) is 10.4. The molecule has 0 aromatic rings. The van der Waals surface area contributed by atoms with Gasteiger partial charge < -0.3 is 4.74 Å². The van der Waals surface area contributed by atoms with Crippen molar-refractivity contribution in [2.45, 2.75) is 20.3 Å². The summed E-state index contributed by atoms with van der Waals surface area (Å²) in [4.78, 5) is 22.5. The highest BCUT2D eigenvalue weighted by Crippen LogP contribution is 2.15. The Labute approximate surface area is 87.0 Å². The monoisotopic (exact) mass is 250 g/mol. The van der Waals surface area contributed by atoms with Crippen LogP contribution in [0.25, 0.3) is 0 Å². The Morgan fingerprint density at radius 2 is 1.92 bits per heavy atom. The van der Waals surface area contributed by atoms with Crippen molar-refractivity contribution in [2.24, 2.45) is 11.8 Å². The second-order valence-corrected chi connectivity index (χ2v) is 3.87.